The van der Waals surface area contributed by atoms with Crippen LogP contribution in [0.2, 0.25) is 0 Å². The molecule has 0 spiro atoms. The van der Waals surface area contributed by atoms with E-state index in [1.807, 2.05) is 6.07 Å². The van der Waals surface area contributed by atoms with Gasteiger partial charge in [-0.1, -0.05) is 45.4 Å². The van der Waals surface area contributed by atoms with Gasteiger partial charge in [-0.05, 0) is 36.0 Å². The smallest absolute Gasteiger partial charge is 0.122 e. The molecular formula is C18H28O2. The van der Waals surface area contributed by atoms with Crippen molar-refractivity contribution < 1.29 is 9.47 Å². The predicted molar refractivity (Wildman–Crippen MR) is 83.8 cm³/mol. The van der Waals surface area contributed by atoms with Crippen molar-refractivity contribution in [3.63, 3.8) is 0 Å². The van der Waals surface area contributed by atoms with Crippen LogP contribution in [0.1, 0.15) is 63.4 Å². The van der Waals surface area contributed by atoms with E-state index in [1.54, 1.807) is 14.2 Å². The summed E-state index contributed by atoms with van der Waals surface area (Å²) in [6.45, 7) is 2.33. The number of ether oxygens (including phenoxy) is 2. The lowest BCUT2D eigenvalue weighted by atomic mass is 9.86. The van der Waals surface area contributed by atoms with Crippen LogP contribution in [-0.2, 0) is 0 Å². The minimum absolute atomic E-state index is 0.571. The molecule has 2 heteroatoms. The normalized spacial score (nSPS) is 18.4. The quantitative estimate of drug-likeness (QED) is 0.691. The van der Waals surface area contributed by atoms with Crippen LogP contribution in [0.4, 0.5) is 0 Å². The Morgan fingerprint density at radius 1 is 0.950 bits per heavy atom. The van der Waals surface area contributed by atoms with Gasteiger partial charge >= 0.3 is 0 Å². The predicted octanol–water partition coefficient (Wildman–Crippen LogP) is 5.17. The highest BCUT2D eigenvalue weighted by atomic mass is 16.5. The summed E-state index contributed by atoms with van der Waals surface area (Å²) in [4.78, 5) is 0. The molecule has 0 radical (unpaired) electrons. The van der Waals surface area contributed by atoms with Gasteiger partial charge in [-0.25, -0.2) is 0 Å². The maximum atomic E-state index is 5.38. The van der Waals surface area contributed by atoms with E-state index in [4.69, 9.17) is 9.47 Å². The van der Waals surface area contributed by atoms with Crippen molar-refractivity contribution in [3.05, 3.63) is 23.8 Å². The van der Waals surface area contributed by atoms with Crippen LogP contribution in [0.25, 0.3) is 0 Å². The minimum Gasteiger partial charge on any atom is -0.497 e. The first-order valence-electron chi connectivity index (χ1n) is 7.96. The summed E-state index contributed by atoms with van der Waals surface area (Å²) in [6, 6.07) is 6.26. The Hall–Kier alpha value is -1.18. The average Bonchev–Trinajstić information content (AvgIpc) is 2.75. The summed E-state index contributed by atoms with van der Waals surface area (Å²) in [5.41, 5.74) is 1.34. The van der Waals surface area contributed by atoms with Crippen LogP contribution in [0, 0.1) is 5.92 Å². The van der Waals surface area contributed by atoms with Crippen molar-refractivity contribution >= 4 is 0 Å². The molecule has 1 saturated carbocycles. The molecule has 0 saturated heterocycles. The summed E-state index contributed by atoms with van der Waals surface area (Å²) in [5.74, 6) is 3.26. The second kappa shape index (κ2) is 7.56. The molecule has 0 N–H and O–H groups in total. The van der Waals surface area contributed by atoms with E-state index in [9.17, 15) is 0 Å². The van der Waals surface area contributed by atoms with Gasteiger partial charge < -0.3 is 9.47 Å². The second-order valence-corrected chi connectivity index (χ2v) is 6.14. The molecule has 2 nitrogen and oxygen atoms in total. The van der Waals surface area contributed by atoms with E-state index >= 15 is 0 Å². The van der Waals surface area contributed by atoms with Gasteiger partial charge in [0.05, 0.1) is 14.2 Å². The molecule has 112 valence electrons. The summed E-state index contributed by atoms with van der Waals surface area (Å²) in [6.07, 6.45) is 9.79. The van der Waals surface area contributed by atoms with Crippen LogP contribution in [0.15, 0.2) is 18.2 Å². The molecule has 1 fully saturated rings. The van der Waals surface area contributed by atoms with Crippen LogP contribution in [0.3, 0.4) is 0 Å². The SMILES string of the molecule is COc1cc(OC)cc(C(C)CC2CCCCCC2)c1. The Morgan fingerprint density at radius 2 is 1.50 bits per heavy atom. The van der Waals surface area contributed by atoms with Crippen LogP contribution in [0.5, 0.6) is 11.5 Å². The number of benzene rings is 1. The first-order valence-corrected chi connectivity index (χ1v) is 7.96. The maximum absolute atomic E-state index is 5.38. The zero-order chi connectivity index (χ0) is 14.4. The van der Waals surface area contributed by atoms with Gasteiger partial charge in [-0.2, -0.15) is 0 Å². The highest BCUT2D eigenvalue weighted by Crippen LogP contribution is 2.34. The molecule has 0 aliphatic heterocycles. The third-order valence-electron chi connectivity index (χ3n) is 4.60. The molecule has 20 heavy (non-hydrogen) atoms. The Morgan fingerprint density at radius 3 is 2.00 bits per heavy atom. The molecule has 0 heterocycles. The van der Waals surface area contributed by atoms with Crippen molar-refractivity contribution in [2.45, 2.75) is 57.8 Å². The van der Waals surface area contributed by atoms with E-state index in [0.717, 1.165) is 17.4 Å². The Balaban J connectivity index is 2.05. The van der Waals surface area contributed by atoms with Crippen molar-refractivity contribution in [3.8, 4) is 11.5 Å². The van der Waals surface area contributed by atoms with Gasteiger partial charge in [-0.3, -0.25) is 0 Å². The summed E-state index contributed by atoms with van der Waals surface area (Å²) in [7, 11) is 3.43. The van der Waals surface area contributed by atoms with E-state index in [2.05, 4.69) is 19.1 Å². The van der Waals surface area contributed by atoms with Gasteiger partial charge in [0.2, 0.25) is 0 Å². The van der Waals surface area contributed by atoms with E-state index < -0.39 is 0 Å². The summed E-state index contributed by atoms with van der Waals surface area (Å²) in [5, 5.41) is 0. The molecule has 1 aliphatic rings. The Bertz CT molecular complexity index is 384. The lowest BCUT2D eigenvalue weighted by Gasteiger charge is -2.20. The third-order valence-corrected chi connectivity index (χ3v) is 4.60. The lowest BCUT2D eigenvalue weighted by molar-refractivity contribution is 0.384. The van der Waals surface area contributed by atoms with E-state index in [1.165, 1.54) is 50.5 Å². The first-order chi connectivity index (χ1) is 9.72. The Kier molecular flexibility index (Phi) is 5.75. The minimum atomic E-state index is 0.571. The number of methoxy groups -OCH3 is 2. The molecule has 1 aromatic rings. The van der Waals surface area contributed by atoms with E-state index in [-0.39, 0.29) is 0 Å². The Labute approximate surface area is 123 Å². The van der Waals surface area contributed by atoms with Crippen LogP contribution in [-0.4, -0.2) is 14.2 Å². The zero-order valence-corrected chi connectivity index (χ0v) is 13.2. The molecule has 0 bridgehead atoms. The molecule has 1 atom stereocenters. The fourth-order valence-electron chi connectivity index (χ4n) is 3.35. The monoisotopic (exact) mass is 276 g/mol. The third kappa shape index (κ3) is 4.16. The lowest BCUT2D eigenvalue weighted by Crippen LogP contribution is -2.05. The van der Waals surface area contributed by atoms with Gasteiger partial charge in [0.15, 0.2) is 0 Å². The first kappa shape index (κ1) is 15.2. The topological polar surface area (TPSA) is 18.5 Å². The van der Waals surface area contributed by atoms with Crippen LogP contribution >= 0.6 is 0 Å². The number of rotatable bonds is 5. The standard InChI is InChI=1S/C18H28O2/c1-14(10-15-8-6-4-5-7-9-15)16-11-17(19-2)13-18(12-16)20-3/h11-15H,4-10H2,1-3H3. The van der Waals surface area contributed by atoms with Gasteiger partial charge in [-0.15, -0.1) is 0 Å². The molecule has 1 aliphatic carbocycles. The summed E-state index contributed by atoms with van der Waals surface area (Å²) >= 11 is 0. The molecule has 1 unspecified atom stereocenters. The highest BCUT2D eigenvalue weighted by molar-refractivity contribution is 5.39. The van der Waals surface area contributed by atoms with Crippen LogP contribution < -0.4 is 9.47 Å². The van der Waals surface area contributed by atoms with E-state index in [0.29, 0.717) is 5.92 Å². The fraction of sp³-hybridized carbons (Fsp3) is 0.667. The average molecular weight is 276 g/mol. The highest BCUT2D eigenvalue weighted by Gasteiger charge is 2.17. The zero-order valence-electron chi connectivity index (χ0n) is 13.2. The van der Waals surface area contributed by atoms with Gasteiger partial charge in [0, 0.05) is 6.07 Å². The molecule has 0 aromatic heterocycles. The fourth-order valence-corrected chi connectivity index (χ4v) is 3.35. The molecule has 0 amide bonds. The maximum Gasteiger partial charge on any atom is 0.122 e. The largest absolute Gasteiger partial charge is 0.497 e. The number of hydrogen-bond acceptors (Lipinski definition) is 2. The van der Waals surface area contributed by atoms with Crippen molar-refractivity contribution in [2.24, 2.45) is 5.92 Å². The number of hydrogen-bond donors (Lipinski definition) is 0. The van der Waals surface area contributed by atoms with Crippen molar-refractivity contribution in [1.82, 2.24) is 0 Å². The van der Waals surface area contributed by atoms with Gasteiger partial charge in [0.25, 0.3) is 0 Å². The van der Waals surface area contributed by atoms with Crippen molar-refractivity contribution in [2.75, 3.05) is 14.2 Å². The van der Waals surface area contributed by atoms with Crippen molar-refractivity contribution in [1.29, 1.82) is 0 Å². The van der Waals surface area contributed by atoms with Gasteiger partial charge in [0.1, 0.15) is 11.5 Å². The second-order valence-electron chi connectivity index (χ2n) is 6.14. The summed E-state index contributed by atoms with van der Waals surface area (Å²) < 4.78 is 10.8. The molecular weight excluding hydrogens is 248 g/mol. The molecule has 2 rings (SSSR count). The molecule has 1 aromatic carbocycles.